The van der Waals surface area contributed by atoms with Crippen molar-refractivity contribution in [1.82, 2.24) is 15.1 Å². The first kappa shape index (κ1) is 11.8. The number of nitrogens with one attached hydrogen (secondary N) is 1. The summed E-state index contributed by atoms with van der Waals surface area (Å²) in [6, 6.07) is 0. The molecule has 4 heteroatoms. The third-order valence-electron chi connectivity index (χ3n) is 4.54. The normalized spacial score (nSPS) is 21.9. The summed E-state index contributed by atoms with van der Waals surface area (Å²) in [4.78, 5) is 14.2. The van der Waals surface area contributed by atoms with E-state index < -0.39 is 0 Å². The maximum Gasteiger partial charge on any atom is 0.225 e. The van der Waals surface area contributed by atoms with Crippen molar-refractivity contribution in [3.8, 4) is 0 Å². The summed E-state index contributed by atoms with van der Waals surface area (Å²) in [5.41, 5.74) is 2.52. The van der Waals surface area contributed by atoms with E-state index in [9.17, 15) is 4.79 Å². The van der Waals surface area contributed by atoms with Gasteiger partial charge in [0.1, 0.15) is 0 Å². The summed E-state index contributed by atoms with van der Waals surface area (Å²) in [6.07, 6.45) is 7.49. The summed E-state index contributed by atoms with van der Waals surface area (Å²) < 4.78 is 0. The summed E-state index contributed by atoms with van der Waals surface area (Å²) in [5.74, 6) is 1.30. The minimum absolute atomic E-state index is 0.343. The number of aryl methyl sites for hydroxylation is 1. The lowest BCUT2D eigenvalue weighted by atomic mass is 9.83. The Balaban J connectivity index is 1.58. The van der Waals surface area contributed by atoms with Crippen molar-refractivity contribution < 1.29 is 4.79 Å². The summed E-state index contributed by atoms with van der Waals surface area (Å²) in [7, 11) is 0. The smallest absolute Gasteiger partial charge is 0.225 e. The Morgan fingerprint density at radius 1 is 1.33 bits per heavy atom. The molecule has 1 N–H and O–H groups in total. The second-order valence-corrected chi connectivity index (χ2v) is 5.69. The van der Waals surface area contributed by atoms with Gasteiger partial charge in [-0.25, -0.2) is 0 Å². The highest BCUT2D eigenvalue weighted by Gasteiger charge is 2.32. The number of H-pyrrole nitrogens is 1. The second-order valence-electron chi connectivity index (χ2n) is 5.69. The van der Waals surface area contributed by atoms with Crippen LogP contribution in [0.3, 0.4) is 0 Å². The number of carbonyl (C=O) groups is 1. The van der Waals surface area contributed by atoms with Crippen LogP contribution >= 0.6 is 0 Å². The molecule has 4 nitrogen and oxygen atoms in total. The van der Waals surface area contributed by atoms with E-state index in [-0.39, 0.29) is 0 Å². The van der Waals surface area contributed by atoms with Crippen LogP contribution in [-0.4, -0.2) is 34.1 Å². The van der Waals surface area contributed by atoms with Crippen molar-refractivity contribution in [2.24, 2.45) is 5.92 Å². The van der Waals surface area contributed by atoms with Crippen LogP contribution in [0, 0.1) is 12.8 Å². The average molecular weight is 247 g/mol. The molecule has 0 radical (unpaired) electrons. The minimum Gasteiger partial charge on any atom is -0.342 e. The van der Waals surface area contributed by atoms with Crippen molar-refractivity contribution in [2.75, 3.05) is 13.1 Å². The molecule has 1 amide bonds. The quantitative estimate of drug-likeness (QED) is 0.871. The number of hydrogen-bond acceptors (Lipinski definition) is 2. The zero-order valence-electron chi connectivity index (χ0n) is 11.0. The molecule has 0 spiro atoms. The topological polar surface area (TPSA) is 49.0 Å². The lowest BCUT2D eigenvalue weighted by molar-refractivity contribution is -0.139. The third-order valence-corrected chi connectivity index (χ3v) is 4.54. The SMILES string of the molecule is Cc1cn[nH]c1C1CCN(C(=O)C2CCC2)CC1. The van der Waals surface area contributed by atoms with E-state index in [4.69, 9.17) is 0 Å². The fourth-order valence-corrected chi connectivity index (χ4v) is 3.07. The number of piperidine rings is 1. The number of aromatic nitrogens is 2. The molecule has 18 heavy (non-hydrogen) atoms. The Kier molecular flexibility index (Phi) is 3.10. The molecule has 0 atom stereocenters. The number of hydrogen-bond donors (Lipinski definition) is 1. The molecule has 0 unspecified atom stereocenters. The first-order valence-corrected chi connectivity index (χ1v) is 7.04. The number of aromatic amines is 1. The Hall–Kier alpha value is -1.32. The van der Waals surface area contributed by atoms with E-state index >= 15 is 0 Å². The third kappa shape index (κ3) is 2.04. The second kappa shape index (κ2) is 4.75. The van der Waals surface area contributed by atoms with E-state index in [2.05, 4.69) is 22.0 Å². The Labute approximate surface area is 108 Å². The Bertz CT molecular complexity index is 428. The van der Waals surface area contributed by atoms with Crippen molar-refractivity contribution in [1.29, 1.82) is 0 Å². The molecule has 98 valence electrons. The van der Waals surface area contributed by atoms with E-state index in [1.807, 2.05) is 6.20 Å². The molecular weight excluding hydrogens is 226 g/mol. The Morgan fingerprint density at radius 3 is 2.56 bits per heavy atom. The molecule has 1 aliphatic heterocycles. The number of rotatable bonds is 2. The molecule has 1 saturated carbocycles. The van der Waals surface area contributed by atoms with Gasteiger partial charge >= 0.3 is 0 Å². The van der Waals surface area contributed by atoms with Crippen molar-refractivity contribution >= 4 is 5.91 Å². The van der Waals surface area contributed by atoms with E-state index in [0.29, 0.717) is 17.7 Å². The lowest BCUT2D eigenvalue weighted by Crippen LogP contribution is -2.43. The van der Waals surface area contributed by atoms with Gasteiger partial charge in [0, 0.05) is 30.6 Å². The fraction of sp³-hybridized carbons (Fsp3) is 0.714. The monoisotopic (exact) mass is 247 g/mol. The van der Waals surface area contributed by atoms with Crippen LogP contribution in [0.15, 0.2) is 6.20 Å². The van der Waals surface area contributed by atoms with Gasteiger partial charge in [0.15, 0.2) is 0 Å². The van der Waals surface area contributed by atoms with E-state index in [0.717, 1.165) is 38.8 Å². The zero-order valence-corrected chi connectivity index (χ0v) is 11.0. The first-order valence-electron chi connectivity index (χ1n) is 7.04. The van der Waals surface area contributed by atoms with Crippen LogP contribution < -0.4 is 0 Å². The number of amides is 1. The van der Waals surface area contributed by atoms with Crippen LogP contribution in [0.25, 0.3) is 0 Å². The Morgan fingerprint density at radius 2 is 2.06 bits per heavy atom. The molecule has 1 aromatic heterocycles. The van der Waals surface area contributed by atoms with Gasteiger partial charge in [-0.05, 0) is 38.2 Å². The number of nitrogens with zero attached hydrogens (tertiary/aromatic N) is 2. The number of likely N-dealkylation sites (tertiary alicyclic amines) is 1. The minimum atomic E-state index is 0.343. The molecule has 1 saturated heterocycles. The largest absolute Gasteiger partial charge is 0.342 e. The molecule has 0 aromatic carbocycles. The predicted octanol–water partition coefficient (Wildman–Crippen LogP) is 2.22. The molecule has 0 bridgehead atoms. The molecule has 2 aliphatic rings. The first-order chi connectivity index (χ1) is 8.75. The van der Waals surface area contributed by atoms with Crippen LogP contribution in [0.5, 0.6) is 0 Å². The number of carbonyl (C=O) groups excluding carboxylic acids is 1. The average Bonchev–Trinajstić information content (AvgIpc) is 2.73. The fourth-order valence-electron chi connectivity index (χ4n) is 3.07. The van der Waals surface area contributed by atoms with Crippen LogP contribution in [-0.2, 0) is 4.79 Å². The summed E-state index contributed by atoms with van der Waals surface area (Å²) >= 11 is 0. The highest BCUT2D eigenvalue weighted by Crippen LogP contribution is 2.32. The molecular formula is C14H21N3O. The molecule has 2 heterocycles. The van der Waals surface area contributed by atoms with Gasteiger partial charge in [0.25, 0.3) is 0 Å². The molecule has 2 fully saturated rings. The van der Waals surface area contributed by atoms with Crippen molar-refractivity contribution in [3.05, 3.63) is 17.5 Å². The maximum atomic E-state index is 12.1. The standard InChI is InChI=1S/C14H21N3O/c1-10-9-15-16-13(10)11-5-7-17(8-6-11)14(18)12-3-2-4-12/h9,11-12H,2-8H2,1H3,(H,15,16). The van der Waals surface area contributed by atoms with E-state index in [1.165, 1.54) is 17.7 Å². The molecule has 3 rings (SSSR count). The van der Waals surface area contributed by atoms with Crippen LogP contribution in [0.2, 0.25) is 0 Å². The van der Waals surface area contributed by atoms with Gasteiger partial charge in [-0.2, -0.15) is 5.10 Å². The van der Waals surface area contributed by atoms with Crippen LogP contribution in [0.4, 0.5) is 0 Å². The highest BCUT2D eigenvalue weighted by atomic mass is 16.2. The maximum absolute atomic E-state index is 12.1. The van der Waals surface area contributed by atoms with Gasteiger partial charge in [-0.15, -0.1) is 0 Å². The van der Waals surface area contributed by atoms with Gasteiger partial charge in [-0.3, -0.25) is 9.89 Å². The lowest BCUT2D eigenvalue weighted by Gasteiger charge is -2.36. The molecule has 1 aliphatic carbocycles. The highest BCUT2D eigenvalue weighted by molar-refractivity contribution is 5.79. The predicted molar refractivity (Wildman–Crippen MR) is 69.2 cm³/mol. The van der Waals surface area contributed by atoms with Crippen LogP contribution in [0.1, 0.15) is 49.3 Å². The van der Waals surface area contributed by atoms with Gasteiger partial charge in [-0.1, -0.05) is 6.42 Å². The van der Waals surface area contributed by atoms with Crippen molar-refractivity contribution in [3.63, 3.8) is 0 Å². The van der Waals surface area contributed by atoms with Gasteiger partial charge < -0.3 is 4.90 Å². The zero-order chi connectivity index (χ0) is 12.5. The summed E-state index contributed by atoms with van der Waals surface area (Å²) in [5, 5.41) is 7.21. The van der Waals surface area contributed by atoms with Gasteiger partial charge in [0.2, 0.25) is 5.91 Å². The summed E-state index contributed by atoms with van der Waals surface area (Å²) in [6.45, 7) is 3.93. The van der Waals surface area contributed by atoms with E-state index in [1.54, 1.807) is 0 Å². The molecule has 1 aromatic rings. The van der Waals surface area contributed by atoms with Crippen molar-refractivity contribution in [2.45, 2.75) is 44.9 Å². The van der Waals surface area contributed by atoms with Gasteiger partial charge in [0.05, 0.1) is 6.20 Å².